The zero-order chi connectivity index (χ0) is 19.3. The van der Waals surface area contributed by atoms with Crippen LogP contribution in [-0.4, -0.2) is 44.5 Å². The van der Waals surface area contributed by atoms with Gasteiger partial charge in [0, 0.05) is 24.8 Å². The fourth-order valence-corrected chi connectivity index (χ4v) is 4.42. The first-order chi connectivity index (χ1) is 13.7. The molecule has 2 fully saturated rings. The van der Waals surface area contributed by atoms with Crippen LogP contribution in [0.2, 0.25) is 0 Å². The molecular weight excluding hydrogens is 374 g/mol. The Morgan fingerprint density at radius 1 is 1.21 bits per heavy atom. The number of piperidine rings is 1. The van der Waals surface area contributed by atoms with Gasteiger partial charge in [0.15, 0.2) is 6.29 Å². The number of hydrogen-bond donors (Lipinski definition) is 2. The van der Waals surface area contributed by atoms with E-state index in [0.717, 1.165) is 51.0 Å². The number of ether oxygens (including phenoxy) is 1. The summed E-state index contributed by atoms with van der Waals surface area (Å²) >= 11 is 1.31. The average molecular weight is 400 g/mol. The van der Waals surface area contributed by atoms with Crippen LogP contribution in [0.4, 0.5) is 11.4 Å². The molecule has 4 rings (SSSR count). The Kier molecular flexibility index (Phi) is 5.92. The summed E-state index contributed by atoms with van der Waals surface area (Å²) in [6, 6.07) is 7.57. The molecule has 148 valence electrons. The molecular formula is C21H25N3O3S. The third-order valence-corrected chi connectivity index (χ3v) is 6.15. The first-order valence-corrected chi connectivity index (χ1v) is 10.7. The molecule has 2 aliphatic heterocycles. The van der Waals surface area contributed by atoms with E-state index >= 15 is 0 Å². The van der Waals surface area contributed by atoms with Crippen LogP contribution in [0.15, 0.2) is 29.6 Å². The fourth-order valence-electron chi connectivity index (χ4n) is 3.77. The van der Waals surface area contributed by atoms with Gasteiger partial charge < -0.3 is 20.3 Å². The van der Waals surface area contributed by atoms with Gasteiger partial charge in [0.2, 0.25) is 0 Å². The highest BCUT2D eigenvalue weighted by molar-refractivity contribution is 7.12. The van der Waals surface area contributed by atoms with E-state index < -0.39 is 0 Å². The maximum Gasteiger partial charge on any atom is 0.259 e. The van der Waals surface area contributed by atoms with Crippen LogP contribution in [0.5, 0.6) is 5.75 Å². The number of carbonyl (C=O) groups is 2. The second-order valence-corrected chi connectivity index (χ2v) is 8.16. The van der Waals surface area contributed by atoms with Crippen LogP contribution in [0, 0.1) is 0 Å². The van der Waals surface area contributed by atoms with E-state index in [9.17, 15) is 9.59 Å². The molecule has 0 unspecified atom stereocenters. The van der Waals surface area contributed by atoms with E-state index in [1.165, 1.54) is 24.2 Å². The van der Waals surface area contributed by atoms with Gasteiger partial charge in [-0.1, -0.05) is 0 Å². The number of carbonyl (C=O) groups excluding carboxylic acids is 2. The van der Waals surface area contributed by atoms with Crippen LogP contribution in [-0.2, 0) is 0 Å². The molecule has 28 heavy (non-hydrogen) atoms. The van der Waals surface area contributed by atoms with Crippen molar-refractivity contribution in [3.8, 4) is 5.75 Å². The molecule has 2 saturated heterocycles. The number of benzene rings is 1. The molecule has 0 spiro atoms. The molecule has 1 aromatic heterocycles. The molecule has 2 aliphatic rings. The van der Waals surface area contributed by atoms with Crippen LogP contribution >= 0.6 is 11.3 Å². The Hall–Kier alpha value is -2.38. The van der Waals surface area contributed by atoms with Crippen molar-refractivity contribution in [3.63, 3.8) is 0 Å². The molecule has 2 aromatic rings. The molecule has 0 saturated carbocycles. The summed E-state index contributed by atoms with van der Waals surface area (Å²) in [5.41, 5.74) is 2.15. The van der Waals surface area contributed by atoms with E-state index in [2.05, 4.69) is 15.5 Å². The highest BCUT2D eigenvalue weighted by atomic mass is 32.1. The molecule has 0 aliphatic carbocycles. The van der Waals surface area contributed by atoms with Gasteiger partial charge in [-0.05, 0) is 62.4 Å². The topological polar surface area (TPSA) is 70.7 Å². The lowest BCUT2D eigenvalue weighted by molar-refractivity contribution is 0.101. The molecule has 6 nitrogen and oxygen atoms in total. The van der Waals surface area contributed by atoms with E-state index in [-0.39, 0.29) is 12.0 Å². The summed E-state index contributed by atoms with van der Waals surface area (Å²) in [7, 11) is 0. The summed E-state index contributed by atoms with van der Waals surface area (Å²) in [4.78, 5) is 26.9. The van der Waals surface area contributed by atoms with Crippen molar-refractivity contribution >= 4 is 34.9 Å². The lowest BCUT2D eigenvalue weighted by Gasteiger charge is -2.26. The zero-order valence-electron chi connectivity index (χ0n) is 15.8. The number of nitrogens with zero attached hydrogens (tertiary/aromatic N) is 1. The molecule has 0 bridgehead atoms. The third-order valence-electron chi connectivity index (χ3n) is 5.31. The Bertz CT molecular complexity index is 839. The van der Waals surface area contributed by atoms with Crippen molar-refractivity contribution in [1.29, 1.82) is 0 Å². The van der Waals surface area contributed by atoms with Crippen molar-refractivity contribution in [3.05, 3.63) is 40.1 Å². The Balaban J connectivity index is 1.60. The second kappa shape index (κ2) is 8.75. The normalized spacial score (nSPS) is 17.5. The van der Waals surface area contributed by atoms with Crippen LogP contribution in [0.1, 0.15) is 45.7 Å². The standard InChI is InChI=1S/C21H25N3O3S/c25-14-20-18(7-12-28-20)23-21(26)17-4-3-15(24-10-1-2-11-24)13-19(17)27-16-5-8-22-9-6-16/h3-4,7,12-14,16,22H,1-2,5-6,8-11H2,(H,23,26). The minimum absolute atomic E-state index is 0.105. The Morgan fingerprint density at radius 2 is 2.00 bits per heavy atom. The monoisotopic (exact) mass is 399 g/mol. The number of nitrogens with one attached hydrogen (secondary N) is 2. The summed E-state index contributed by atoms with van der Waals surface area (Å²) < 4.78 is 6.29. The molecule has 7 heteroatoms. The lowest BCUT2D eigenvalue weighted by atomic mass is 10.1. The van der Waals surface area contributed by atoms with Crippen molar-refractivity contribution < 1.29 is 14.3 Å². The fraction of sp³-hybridized carbons (Fsp3) is 0.429. The minimum atomic E-state index is -0.251. The van der Waals surface area contributed by atoms with Crippen LogP contribution in [0.25, 0.3) is 0 Å². The molecule has 1 aromatic carbocycles. The number of amides is 1. The average Bonchev–Trinajstić information content (AvgIpc) is 3.40. The van der Waals surface area contributed by atoms with Gasteiger partial charge in [0.1, 0.15) is 11.9 Å². The predicted octanol–water partition coefficient (Wildman–Crippen LogP) is 3.54. The molecule has 0 atom stereocenters. The zero-order valence-corrected chi connectivity index (χ0v) is 16.6. The smallest absolute Gasteiger partial charge is 0.259 e. The van der Waals surface area contributed by atoms with Gasteiger partial charge in [-0.25, -0.2) is 0 Å². The molecule has 2 N–H and O–H groups in total. The molecule has 0 radical (unpaired) electrons. The number of anilines is 2. The minimum Gasteiger partial charge on any atom is -0.489 e. The van der Waals surface area contributed by atoms with Gasteiger partial charge in [-0.2, -0.15) is 0 Å². The highest BCUT2D eigenvalue weighted by Gasteiger charge is 2.22. The predicted molar refractivity (Wildman–Crippen MR) is 112 cm³/mol. The van der Waals surface area contributed by atoms with Gasteiger partial charge in [-0.3, -0.25) is 9.59 Å². The number of hydrogen-bond acceptors (Lipinski definition) is 6. The Morgan fingerprint density at radius 3 is 2.75 bits per heavy atom. The van der Waals surface area contributed by atoms with E-state index in [4.69, 9.17) is 4.74 Å². The molecule has 1 amide bonds. The van der Waals surface area contributed by atoms with Crippen molar-refractivity contribution in [2.45, 2.75) is 31.8 Å². The maximum absolute atomic E-state index is 12.9. The third kappa shape index (κ3) is 4.20. The Labute approximate surface area is 168 Å². The number of rotatable bonds is 6. The van der Waals surface area contributed by atoms with Gasteiger partial charge in [0.25, 0.3) is 5.91 Å². The summed E-state index contributed by atoms with van der Waals surface area (Å²) in [6.45, 7) is 3.93. The largest absolute Gasteiger partial charge is 0.489 e. The SMILES string of the molecule is O=Cc1sccc1NC(=O)c1ccc(N2CCCC2)cc1OC1CCNCC1. The highest BCUT2D eigenvalue weighted by Crippen LogP contribution is 2.31. The summed E-state index contributed by atoms with van der Waals surface area (Å²) in [5, 5.41) is 7.99. The number of thiophene rings is 1. The van der Waals surface area contributed by atoms with Gasteiger partial charge >= 0.3 is 0 Å². The second-order valence-electron chi connectivity index (χ2n) is 7.21. The van der Waals surface area contributed by atoms with Gasteiger partial charge in [0.05, 0.1) is 16.1 Å². The van der Waals surface area contributed by atoms with E-state index in [1.54, 1.807) is 11.4 Å². The van der Waals surface area contributed by atoms with Crippen molar-refractivity contribution in [2.75, 3.05) is 36.4 Å². The number of aldehydes is 1. The van der Waals surface area contributed by atoms with Gasteiger partial charge in [-0.15, -0.1) is 11.3 Å². The molecule has 3 heterocycles. The quantitative estimate of drug-likeness (QED) is 0.727. The van der Waals surface area contributed by atoms with Crippen molar-refractivity contribution in [1.82, 2.24) is 5.32 Å². The first kappa shape index (κ1) is 19.0. The lowest BCUT2D eigenvalue weighted by Crippen LogP contribution is -2.34. The summed E-state index contributed by atoms with van der Waals surface area (Å²) in [6.07, 6.45) is 5.11. The van der Waals surface area contributed by atoms with E-state index in [1.807, 2.05) is 18.2 Å². The first-order valence-electron chi connectivity index (χ1n) is 9.85. The van der Waals surface area contributed by atoms with Crippen LogP contribution in [0.3, 0.4) is 0 Å². The van der Waals surface area contributed by atoms with Crippen molar-refractivity contribution in [2.24, 2.45) is 0 Å². The maximum atomic E-state index is 12.9. The van der Waals surface area contributed by atoms with E-state index in [0.29, 0.717) is 21.9 Å². The summed E-state index contributed by atoms with van der Waals surface area (Å²) in [5.74, 6) is 0.370. The van der Waals surface area contributed by atoms with Crippen LogP contribution < -0.4 is 20.3 Å².